The number of para-hydroxylation sites is 1. The first kappa shape index (κ1) is 15.6. The van der Waals surface area contributed by atoms with Gasteiger partial charge in [0.2, 0.25) is 0 Å². The number of amides is 1. The summed E-state index contributed by atoms with van der Waals surface area (Å²) in [6, 6.07) is 10.3. The van der Waals surface area contributed by atoms with Gasteiger partial charge in [-0.1, -0.05) is 12.1 Å². The van der Waals surface area contributed by atoms with Gasteiger partial charge in [0.1, 0.15) is 5.58 Å². The highest BCUT2D eigenvalue weighted by atomic mass is 16.3. The molecule has 0 radical (unpaired) electrons. The molecule has 1 aliphatic heterocycles. The van der Waals surface area contributed by atoms with Crippen LogP contribution in [0.1, 0.15) is 29.1 Å². The van der Waals surface area contributed by atoms with Gasteiger partial charge in [-0.2, -0.15) is 5.10 Å². The number of H-pyrrole nitrogens is 1. The third-order valence-corrected chi connectivity index (χ3v) is 4.72. The monoisotopic (exact) mass is 337 g/mol. The number of nitrogens with zero attached hydrogens (tertiary/aromatic N) is 2. The lowest BCUT2D eigenvalue weighted by Crippen LogP contribution is -2.40. The van der Waals surface area contributed by atoms with E-state index >= 15 is 0 Å². The lowest BCUT2D eigenvalue weighted by atomic mass is 9.93. The standard InChI is InChI=1S/C19H19N3O3/c23-16-11-18(25-17-6-2-1-5-15(16)17)19(24)22-9-3-4-13(12-22)10-14-7-8-20-21-14/h1-2,5-8,11,13H,3-4,9-10,12H2,(H,20,21). The van der Waals surface area contributed by atoms with Crippen molar-refractivity contribution in [3.63, 3.8) is 0 Å². The van der Waals surface area contributed by atoms with E-state index in [4.69, 9.17) is 4.42 Å². The summed E-state index contributed by atoms with van der Waals surface area (Å²) in [4.78, 5) is 26.8. The Hall–Kier alpha value is -2.89. The van der Waals surface area contributed by atoms with E-state index in [0.29, 0.717) is 30.0 Å². The Morgan fingerprint density at radius 3 is 3.04 bits per heavy atom. The van der Waals surface area contributed by atoms with Crippen LogP contribution in [0.4, 0.5) is 0 Å². The van der Waals surface area contributed by atoms with Gasteiger partial charge in [-0.05, 0) is 43.4 Å². The molecule has 1 N–H and O–H groups in total. The lowest BCUT2D eigenvalue weighted by molar-refractivity contribution is 0.0641. The molecule has 6 nitrogen and oxygen atoms in total. The van der Waals surface area contributed by atoms with Crippen molar-refractivity contribution in [2.75, 3.05) is 13.1 Å². The van der Waals surface area contributed by atoms with Gasteiger partial charge in [0.25, 0.3) is 5.91 Å². The van der Waals surface area contributed by atoms with Crippen LogP contribution >= 0.6 is 0 Å². The van der Waals surface area contributed by atoms with E-state index in [9.17, 15) is 9.59 Å². The molecule has 1 aliphatic rings. The Bertz CT molecular complexity index is 946. The molecule has 0 bridgehead atoms. The van der Waals surface area contributed by atoms with Gasteiger partial charge in [-0.3, -0.25) is 14.7 Å². The quantitative estimate of drug-likeness (QED) is 0.797. The number of nitrogens with one attached hydrogen (secondary N) is 1. The topological polar surface area (TPSA) is 79.2 Å². The SMILES string of the molecule is O=C(c1cc(=O)c2ccccc2o1)N1CCCC(Cc2ccn[nH]2)C1. The van der Waals surface area contributed by atoms with Gasteiger partial charge in [-0.15, -0.1) is 0 Å². The van der Waals surface area contributed by atoms with E-state index < -0.39 is 0 Å². The fourth-order valence-electron chi connectivity index (χ4n) is 3.49. The van der Waals surface area contributed by atoms with Crippen molar-refractivity contribution in [3.8, 4) is 0 Å². The molecule has 0 spiro atoms. The van der Waals surface area contributed by atoms with Gasteiger partial charge in [0.15, 0.2) is 11.2 Å². The van der Waals surface area contributed by atoms with E-state index in [1.54, 1.807) is 35.4 Å². The summed E-state index contributed by atoms with van der Waals surface area (Å²) >= 11 is 0. The van der Waals surface area contributed by atoms with Gasteiger partial charge < -0.3 is 9.32 Å². The molecule has 1 saturated heterocycles. The Labute approximate surface area is 144 Å². The summed E-state index contributed by atoms with van der Waals surface area (Å²) < 4.78 is 5.69. The maximum Gasteiger partial charge on any atom is 0.289 e. The van der Waals surface area contributed by atoms with Crippen LogP contribution in [0, 0.1) is 5.92 Å². The average molecular weight is 337 g/mol. The molecular weight excluding hydrogens is 318 g/mol. The highest BCUT2D eigenvalue weighted by Crippen LogP contribution is 2.22. The molecule has 1 aromatic carbocycles. The van der Waals surface area contributed by atoms with Crippen molar-refractivity contribution in [1.29, 1.82) is 0 Å². The van der Waals surface area contributed by atoms with Crippen molar-refractivity contribution in [1.82, 2.24) is 15.1 Å². The summed E-state index contributed by atoms with van der Waals surface area (Å²) in [5, 5.41) is 7.44. The number of piperidine rings is 1. The largest absolute Gasteiger partial charge is 0.451 e. The Morgan fingerprint density at radius 2 is 2.20 bits per heavy atom. The van der Waals surface area contributed by atoms with Crippen LogP contribution in [0.3, 0.4) is 0 Å². The number of rotatable bonds is 3. The van der Waals surface area contributed by atoms with Crippen molar-refractivity contribution >= 4 is 16.9 Å². The molecule has 3 aromatic rings. The minimum Gasteiger partial charge on any atom is -0.451 e. The minimum absolute atomic E-state index is 0.117. The zero-order chi connectivity index (χ0) is 17.2. The maximum atomic E-state index is 12.8. The number of benzene rings is 1. The summed E-state index contributed by atoms with van der Waals surface area (Å²) in [6.07, 6.45) is 4.63. The minimum atomic E-state index is -0.211. The second-order valence-corrected chi connectivity index (χ2v) is 6.52. The number of carbonyl (C=O) groups is 1. The summed E-state index contributed by atoms with van der Waals surface area (Å²) in [7, 11) is 0. The smallest absolute Gasteiger partial charge is 0.289 e. The third-order valence-electron chi connectivity index (χ3n) is 4.72. The maximum absolute atomic E-state index is 12.8. The Kier molecular flexibility index (Phi) is 4.09. The van der Waals surface area contributed by atoms with E-state index in [1.807, 2.05) is 6.07 Å². The highest BCUT2D eigenvalue weighted by molar-refractivity contribution is 5.93. The number of hydrogen-bond donors (Lipinski definition) is 1. The average Bonchev–Trinajstić information content (AvgIpc) is 3.14. The molecule has 0 aliphatic carbocycles. The molecule has 128 valence electrons. The van der Waals surface area contributed by atoms with Crippen molar-refractivity contribution in [2.24, 2.45) is 5.92 Å². The molecule has 2 aromatic heterocycles. The van der Waals surface area contributed by atoms with Crippen LogP contribution in [0.25, 0.3) is 11.0 Å². The lowest BCUT2D eigenvalue weighted by Gasteiger charge is -2.32. The molecule has 1 atom stereocenters. The Balaban J connectivity index is 1.55. The first-order valence-electron chi connectivity index (χ1n) is 8.51. The van der Waals surface area contributed by atoms with Crippen LogP contribution in [0.2, 0.25) is 0 Å². The highest BCUT2D eigenvalue weighted by Gasteiger charge is 2.26. The fraction of sp³-hybridized carbons (Fsp3) is 0.316. The van der Waals surface area contributed by atoms with E-state index in [0.717, 1.165) is 25.0 Å². The van der Waals surface area contributed by atoms with Gasteiger partial charge in [0, 0.05) is 31.0 Å². The second kappa shape index (κ2) is 6.55. The number of carbonyl (C=O) groups excluding carboxylic acids is 1. The molecule has 1 fully saturated rings. The molecule has 1 amide bonds. The normalized spacial score (nSPS) is 17.8. The first-order valence-corrected chi connectivity index (χ1v) is 8.51. The van der Waals surface area contributed by atoms with Crippen LogP contribution in [-0.2, 0) is 6.42 Å². The van der Waals surface area contributed by atoms with Crippen LogP contribution in [0.15, 0.2) is 51.8 Å². The molecule has 0 saturated carbocycles. The van der Waals surface area contributed by atoms with Crippen molar-refractivity contribution in [2.45, 2.75) is 19.3 Å². The van der Waals surface area contributed by atoms with Gasteiger partial charge in [0.05, 0.1) is 5.39 Å². The first-order chi connectivity index (χ1) is 12.2. The third kappa shape index (κ3) is 3.20. The summed E-state index contributed by atoms with van der Waals surface area (Å²) in [6.45, 7) is 1.35. The van der Waals surface area contributed by atoms with Crippen LogP contribution in [-0.4, -0.2) is 34.1 Å². The Morgan fingerprint density at radius 1 is 1.32 bits per heavy atom. The molecule has 4 rings (SSSR count). The summed E-state index contributed by atoms with van der Waals surface area (Å²) in [5.41, 5.74) is 1.34. The van der Waals surface area contributed by atoms with E-state index in [1.165, 1.54) is 6.07 Å². The predicted octanol–water partition coefficient (Wildman–Crippen LogP) is 2.61. The molecule has 6 heteroatoms. The van der Waals surface area contributed by atoms with E-state index in [-0.39, 0.29) is 17.1 Å². The van der Waals surface area contributed by atoms with Crippen molar-refractivity contribution < 1.29 is 9.21 Å². The summed E-state index contributed by atoms with van der Waals surface area (Å²) in [5.74, 6) is 0.286. The number of aromatic nitrogens is 2. The van der Waals surface area contributed by atoms with E-state index in [2.05, 4.69) is 10.2 Å². The number of aromatic amines is 1. The molecule has 1 unspecified atom stereocenters. The molecule has 25 heavy (non-hydrogen) atoms. The zero-order valence-electron chi connectivity index (χ0n) is 13.8. The molecule has 3 heterocycles. The number of likely N-dealkylation sites (tertiary alicyclic amines) is 1. The van der Waals surface area contributed by atoms with Crippen LogP contribution in [0.5, 0.6) is 0 Å². The van der Waals surface area contributed by atoms with Crippen LogP contribution < -0.4 is 5.43 Å². The van der Waals surface area contributed by atoms with Gasteiger partial charge in [-0.25, -0.2) is 0 Å². The zero-order valence-corrected chi connectivity index (χ0v) is 13.8. The predicted molar refractivity (Wildman–Crippen MR) is 93.4 cm³/mol. The number of hydrogen-bond acceptors (Lipinski definition) is 4. The fourth-order valence-corrected chi connectivity index (χ4v) is 3.49. The second-order valence-electron chi connectivity index (χ2n) is 6.52. The van der Waals surface area contributed by atoms with Gasteiger partial charge >= 0.3 is 0 Å². The molecular formula is C19H19N3O3. The van der Waals surface area contributed by atoms with Crippen molar-refractivity contribution in [3.05, 3.63) is 64.3 Å². The number of fused-ring (bicyclic) bond motifs is 1.